The zero-order valence-electron chi connectivity index (χ0n) is 17.4. The molecule has 0 bridgehead atoms. The number of ether oxygens (including phenoxy) is 1. The van der Waals surface area contributed by atoms with Crippen LogP contribution < -0.4 is 15.4 Å². The van der Waals surface area contributed by atoms with Crippen LogP contribution in [0.4, 0.5) is 13.2 Å². The maximum Gasteiger partial charge on any atom is 0.419 e. The number of halogens is 3. The third kappa shape index (κ3) is 5.31. The van der Waals surface area contributed by atoms with Crippen molar-refractivity contribution in [3.63, 3.8) is 0 Å². The molecular formula is C20H22F3N7O2. The van der Waals surface area contributed by atoms with Gasteiger partial charge in [0.05, 0.1) is 23.4 Å². The number of nitrogens with zero attached hydrogens (tertiary/aromatic N) is 5. The van der Waals surface area contributed by atoms with Crippen LogP contribution in [0.25, 0.3) is 22.3 Å². The molecule has 12 heteroatoms. The van der Waals surface area contributed by atoms with E-state index in [9.17, 15) is 23.5 Å². The maximum atomic E-state index is 13.7. The number of nitriles is 1. The third-order valence-electron chi connectivity index (χ3n) is 4.71. The Balaban J connectivity index is 1.81. The number of hydrogen-bond acceptors (Lipinski definition) is 8. The largest absolute Gasteiger partial charge is 0.493 e. The first-order chi connectivity index (χ1) is 15.2. The number of fused-ring (bicyclic) bond motifs is 1. The highest BCUT2D eigenvalue weighted by Crippen LogP contribution is 2.39. The van der Waals surface area contributed by atoms with E-state index < -0.39 is 18.0 Å². The molecule has 170 valence electrons. The summed E-state index contributed by atoms with van der Waals surface area (Å²) in [6, 6.07) is 7.11. The summed E-state index contributed by atoms with van der Waals surface area (Å²) in [5, 5.41) is 32.0. The topological polar surface area (TPSA) is 121 Å². The molecule has 3 aromatic rings. The van der Waals surface area contributed by atoms with Gasteiger partial charge in [0.15, 0.2) is 5.69 Å². The highest BCUT2D eigenvalue weighted by molar-refractivity contribution is 5.83. The monoisotopic (exact) mass is 449 g/mol. The fraction of sp³-hybridized carbons (Fsp3) is 0.400. The van der Waals surface area contributed by atoms with Gasteiger partial charge in [0.2, 0.25) is 0 Å². The van der Waals surface area contributed by atoms with E-state index in [1.165, 1.54) is 22.9 Å². The van der Waals surface area contributed by atoms with Gasteiger partial charge in [0.25, 0.3) is 0 Å². The van der Waals surface area contributed by atoms with E-state index in [1.54, 1.807) is 14.1 Å². The van der Waals surface area contributed by atoms with Crippen molar-refractivity contribution in [1.29, 1.82) is 5.26 Å². The van der Waals surface area contributed by atoms with E-state index >= 15 is 0 Å². The minimum absolute atomic E-state index is 0.0182. The number of rotatable bonds is 9. The molecule has 1 unspecified atom stereocenters. The van der Waals surface area contributed by atoms with Gasteiger partial charge in [-0.1, -0.05) is 5.21 Å². The lowest BCUT2D eigenvalue weighted by Crippen LogP contribution is -2.36. The van der Waals surface area contributed by atoms with Gasteiger partial charge < -0.3 is 15.2 Å². The summed E-state index contributed by atoms with van der Waals surface area (Å²) in [4.78, 5) is 4.15. The van der Waals surface area contributed by atoms with E-state index in [4.69, 9.17) is 4.74 Å². The quantitative estimate of drug-likeness (QED) is 0.334. The summed E-state index contributed by atoms with van der Waals surface area (Å²) >= 11 is 0. The normalized spacial score (nSPS) is 12.7. The van der Waals surface area contributed by atoms with Gasteiger partial charge in [-0.3, -0.25) is 5.32 Å². The zero-order valence-corrected chi connectivity index (χ0v) is 17.4. The second-order valence-corrected chi connectivity index (χ2v) is 6.97. The van der Waals surface area contributed by atoms with Gasteiger partial charge >= 0.3 is 6.18 Å². The molecule has 9 nitrogen and oxygen atoms in total. The minimum Gasteiger partial charge on any atom is -0.493 e. The molecule has 32 heavy (non-hydrogen) atoms. The van der Waals surface area contributed by atoms with E-state index in [0.29, 0.717) is 25.0 Å². The number of aryl methyl sites for hydroxylation is 1. The highest BCUT2D eigenvalue weighted by atomic mass is 19.4. The molecule has 0 radical (unpaired) electrons. The van der Waals surface area contributed by atoms with Gasteiger partial charge in [0, 0.05) is 19.2 Å². The number of alkyl halides is 3. The first kappa shape index (κ1) is 23.4. The van der Waals surface area contributed by atoms with Crippen molar-refractivity contribution in [1.82, 2.24) is 30.6 Å². The number of aliphatic hydroxyl groups is 1. The van der Waals surface area contributed by atoms with E-state index in [1.807, 2.05) is 6.07 Å². The van der Waals surface area contributed by atoms with Crippen LogP contribution in [0.1, 0.15) is 17.7 Å². The summed E-state index contributed by atoms with van der Waals surface area (Å²) in [7, 11) is 3.23. The molecule has 0 aliphatic carbocycles. The average Bonchev–Trinajstić information content (AvgIpc) is 3.15. The number of aromatic nitrogens is 4. The Morgan fingerprint density at radius 1 is 1.31 bits per heavy atom. The molecule has 0 aliphatic heterocycles. The van der Waals surface area contributed by atoms with Crippen LogP contribution >= 0.6 is 0 Å². The number of benzene rings is 1. The number of pyridine rings is 1. The van der Waals surface area contributed by atoms with Gasteiger partial charge in [-0.25, -0.2) is 9.67 Å². The van der Waals surface area contributed by atoms with Crippen molar-refractivity contribution >= 4 is 11.0 Å². The minimum atomic E-state index is -4.64. The van der Waals surface area contributed by atoms with E-state index in [2.05, 4.69) is 25.9 Å². The molecule has 1 aromatic carbocycles. The summed E-state index contributed by atoms with van der Waals surface area (Å²) < 4.78 is 47.9. The van der Waals surface area contributed by atoms with Crippen molar-refractivity contribution in [3.8, 4) is 23.1 Å². The molecule has 2 heterocycles. The molecule has 1 atom stereocenters. The van der Waals surface area contributed by atoms with Crippen LogP contribution in [0.15, 0.2) is 24.3 Å². The van der Waals surface area contributed by atoms with Crippen LogP contribution in [-0.4, -0.2) is 58.1 Å². The second-order valence-electron chi connectivity index (χ2n) is 6.97. The summed E-state index contributed by atoms with van der Waals surface area (Å²) in [6.07, 6.45) is -4.89. The number of nitrogens with one attached hydrogen (secondary N) is 2. The number of hydrogen-bond donors (Lipinski definition) is 3. The SMILES string of the molecule is CNC(O)CNCCCOc1ccc(-c2cc3c(nnn3C)c(C#N)n2)cc1C(F)(F)F. The Labute approximate surface area is 181 Å². The predicted molar refractivity (Wildman–Crippen MR) is 110 cm³/mol. The average molecular weight is 449 g/mol. The van der Waals surface area contributed by atoms with Gasteiger partial charge in [-0.2, -0.15) is 18.4 Å². The van der Waals surface area contributed by atoms with Crippen LogP contribution in [0.2, 0.25) is 0 Å². The summed E-state index contributed by atoms with van der Waals surface area (Å²) in [5.41, 5.74) is 0.199. The van der Waals surface area contributed by atoms with E-state index in [-0.39, 0.29) is 34.8 Å². The van der Waals surface area contributed by atoms with Gasteiger partial charge in [-0.05, 0) is 44.3 Å². The van der Waals surface area contributed by atoms with E-state index in [0.717, 1.165) is 6.07 Å². The third-order valence-corrected chi connectivity index (χ3v) is 4.71. The number of aliphatic hydroxyl groups excluding tert-OH is 1. The van der Waals surface area contributed by atoms with Crippen molar-refractivity contribution in [2.75, 3.05) is 26.7 Å². The van der Waals surface area contributed by atoms with Crippen LogP contribution in [-0.2, 0) is 13.2 Å². The summed E-state index contributed by atoms with van der Waals surface area (Å²) in [6.45, 7) is 0.847. The number of likely N-dealkylation sites (N-methyl/N-ethyl adjacent to an activating group) is 1. The Hall–Kier alpha value is -3.27. The molecule has 0 fully saturated rings. The fourth-order valence-corrected chi connectivity index (χ4v) is 3.01. The standard InChI is InChI=1S/C20H22F3N7O2/c1-25-18(31)11-26-6-3-7-32-17-5-4-12(8-13(17)20(21,22)23)14-9-16-19(15(10-24)27-14)28-29-30(16)2/h4-5,8-9,18,25-26,31H,3,6-7,11H2,1-2H3. The molecule has 0 spiro atoms. The molecule has 0 aliphatic rings. The fourth-order valence-electron chi connectivity index (χ4n) is 3.01. The van der Waals surface area contributed by atoms with Gasteiger partial charge in [-0.15, -0.1) is 5.10 Å². The molecule has 2 aromatic heterocycles. The van der Waals surface area contributed by atoms with Crippen molar-refractivity contribution in [2.24, 2.45) is 7.05 Å². The molecule has 0 saturated carbocycles. The first-order valence-corrected chi connectivity index (χ1v) is 9.75. The van der Waals surface area contributed by atoms with Crippen LogP contribution in [0.3, 0.4) is 0 Å². The lowest BCUT2D eigenvalue weighted by atomic mass is 10.1. The second kappa shape index (κ2) is 9.90. The Morgan fingerprint density at radius 2 is 2.09 bits per heavy atom. The summed E-state index contributed by atoms with van der Waals surface area (Å²) in [5.74, 6) is -0.291. The molecular weight excluding hydrogens is 427 g/mol. The lowest BCUT2D eigenvalue weighted by molar-refractivity contribution is -0.138. The molecule has 3 rings (SSSR count). The first-order valence-electron chi connectivity index (χ1n) is 9.75. The van der Waals surface area contributed by atoms with Crippen LogP contribution in [0, 0.1) is 11.3 Å². The predicted octanol–water partition coefficient (Wildman–Crippen LogP) is 1.82. The molecule has 0 saturated heterocycles. The maximum absolute atomic E-state index is 13.7. The van der Waals surface area contributed by atoms with Crippen molar-refractivity contribution in [3.05, 3.63) is 35.5 Å². The Kier molecular flexibility index (Phi) is 7.24. The van der Waals surface area contributed by atoms with Crippen LogP contribution in [0.5, 0.6) is 5.75 Å². The van der Waals surface area contributed by atoms with Crippen molar-refractivity contribution < 1.29 is 23.0 Å². The van der Waals surface area contributed by atoms with Crippen molar-refractivity contribution in [2.45, 2.75) is 18.8 Å². The molecule has 0 amide bonds. The molecule has 3 N–H and O–H groups in total. The van der Waals surface area contributed by atoms with Gasteiger partial charge in [0.1, 0.15) is 23.6 Å². The Bertz CT molecular complexity index is 1120. The zero-order chi connectivity index (χ0) is 23.3. The lowest BCUT2D eigenvalue weighted by Gasteiger charge is -2.16. The highest BCUT2D eigenvalue weighted by Gasteiger charge is 2.35. The Morgan fingerprint density at radius 3 is 2.78 bits per heavy atom. The smallest absolute Gasteiger partial charge is 0.419 e.